The second kappa shape index (κ2) is 14.2. The minimum atomic E-state index is -3.22. The van der Waals surface area contributed by atoms with E-state index >= 15 is 0 Å². The number of amides is 2. The van der Waals surface area contributed by atoms with E-state index in [0.717, 1.165) is 62.1 Å². The average molecular weight is 612 g/mol. The molecule has 2 saturated heterocycles. The van der Waals surface area contributed by atoms with Gasteiger partial charge in [-0.3, -0.25) is 19.6 Å². The Bertz CT molecular complexity index is 1360. The standard InChI is InChI=1S/C32H45N5O5S/c1-43(40,41)37-18-6-10-26(24-37)28-23-34-27(22-35-28)12-13-30(38)36-19-15-32(16-20-36)14-5-4-9-25-8-2-3-11-29(25)42-21-7-17-33-31(32)39/h2-3,8,11,22-23,26H,4-7,9-10,12-21,24H2,1H3,(H,33,39). The predicted octanol–water partition coefficient (Wildman–Crippen LogP) is 3.47. The van der Waals surface area contributed by atoms with E-state index in [0.29, 0.717) is 65.0 Å². The Labute approximate surface area is 255 Å². The summed E-state index contributed by atoms with van der Waals surface area (Å²) in [6.07, 6.45) is 13.0. The third-order valence-corrected chi connectivity index (χ3v) is 10.6. The molecule has 4 heterocycles. The smallest absolute Gasteiger partial charge is 0.226 e. The van der Waals surface area contributed by atoms with Crippen LogP contribution in [0.25, 0.3) is 0 Å². The lowest BCUT2D eigenvalue weighted by Gasteiger charge is -2.41. The molecule has 2 fully saturated rings. The SMILES string of the molecule is CS(=O)(=O)N1CCCC(c2cnc(CCC(=O)N3CCC4(CCCCc5ccccc5OCCCNC4=O)CC3)cn2)C1. The highest BCUT2D eigenvalue weighted by Gasteiger charge is 2.41. The maximum absolute atomic E-state index is 13.4. The van der Waals surface area contributed by atoms with E-state index in [2.05, 4.69) is 27.4 Å². The van der Waals surface area contributed by atoms with Crippen molar-refractivity contribution in [3.05, 3.63) is 53.6 Å². The van der Waals surface area contributed by atoms with Crippen LogP contribution in [0.15, 0.2) is 36.7 Å². The molecule has 3 aliphatic rings. The van der Waals surface area contributed by atoms with Gasteiger partial charge >= 0.3 is 0 Å². The van der Waals surface area contributed by atoms with E-state index in [-0.39, 0.29) is 17.7 Å². The van der Waals surface area contributed by atoms with Gasteiger partial charge in [0.2, 0.25) is 21.8 Å². The van der Waals surface area contributed by atoms with Crippen molar-refractivity contribution in [3.63, 3.8) is 0 Å². The van der Waals surface area contributed by atoms with Crippen molar-refractivity contribution in [1.82, 2.24) is 24.5 Å². The van der Waals surface area contributed by atoms with Gasteiger partial charge in [0.15, 0.2) is 0 Å². The second-order valence-corrected chi connectivity index (χ2v) is 14.3. The molecule has 2 amide bonds. The topological polar surface area (TPSA) is 122 Å². The number of aromatic nitrogens is 2. The zero-order chi connectivity index (χ0) is 30.3. The molecular formula is C32H45N5O5S. The third-order valence-electron chi connectivity index (χ3n) is 9.33. The van der Waals surface area contributed by atoms with Crippen LogP contribution in [0.4, 0.5) is 0 Å². The first-order valence-electron chi connectivity index (χ1n) is 15.8. The van der Waals surface area contributed by atoms with Gasteiger partial charge in [-0.15, -0.1) is 0 Å². The molecule has 1 spiro atoms. The van der Waals surface area contributed by atoms with E-state index in [1.807, 2.05) is 17.0 Å². The lowest BCUT2D eigenvalue weighted by atomic mass is 9.73. The molecule has 1 unspecified atom stereocenters. The van der Waals surface area contributed by atoms with Crippen molar-refractivity contribution in [1.29, 1.82) is 0 Å². The number of nitrogens with zero attached hydrogens (tertiary/aromatic N) is 4. The highest BCUT2D eigenvalue weighted by molar-refractivity contribution is 7.88. The van der Waals surface area contributed by atoms with Crippen LogP contribution in [0.2, 0.25) is 0 Å². The van der Waals surface area contributed by atoms with Crippen molar-refractivity contribution in [2.24, 2.45) is 5.41 Å². The van der Waals surface area contributed by atoms with Crippen molar-refractivity contribution in [3.8, 4) is 5.75 Å². The van der Waals surface area contributed by atoms with Crippen LogP contribution in [0.3, 0.4) is 0 Å². The number of para-hydroxylation sites is 1. The normalized spacial score (nSPS) is 22.3. The fourth-order valence-corrected chi connectivity index (χ4v) is 7.54. The number of hydrogen-bond donors (Lipinski definition) is 1. The monoisotopic (exact) mass is 611 g/mol. The molecule has 0 aliphatic carbocycles. The number of benzene rings is 1. The van der Waals surface area contributed by atoms with Crippen molar-refractivity contribution < 1.29 is 22.7 Å². The summed E-state index contributed by atoms with van der Waals surface area (Å²) in [5.41, 5.74) is 2.34. The van der Waals surface area contributed by atoms with Gasteiger partial charge in [-0.1, -0.05) is 24.6 Å². The third kappa shape index (κ3) is 8.12. The number of piperidine rings is 2. The number of hydrogen-bond acceptors (Lipinski definition) is 7. The Balaban J connectivity index is 1.11. The predicted molar refractivity (Wildman–Crippen MR) is 164 cm³/mol. The molecule has 3 aliphatic heterocycles. The first-order valence-corrected chi connectivity index (χ1v) is 17.6. The zero-order valence-electron chi connectivity index (χ0n) is 25.3. The quantitative estimate of drug-likeness (QED) is 0.550. The summed E-state index contributed by atoms with van der Waals surface area (Å²) in [7, 11) is -3.22. The van der Waals surface area contributed by atoms with E-state index in [4.69, 9.17) is 4.74 Å². The van der Waals surface area contributed by atoms with Crippen LogP contribution in [0.5, 0.6) is 5.75 Å². The number of carbonyl (C=O) groups excluding carboxylic acids is 2. The largest absolute Gasteiger partial charge is 0.493 e. The van der Waals surface area contributed by atoms with Gasteiger partial charge in [0.05, 0.1) is 29.7 Å². The number of likely N-dealkylation sites (tertiary alicyclic amines) is 1. The lowest BCUT2D eigenvalue weighted by Crippen LogP contribution is -2.50. The van der Waals surface area contributed by atoms with Gasteiger partial charge in [0, 0.05) is 57.5 Å². The molecule has 0 radical (unpaired) electrons. The molecule has 11 heteroatoms. The number of sulfonamides is 1. The summed E-state index contributed by atoms with van der Waals surface area (Å²) in [5.74, 6) is 1.18. The number of carbonyl (C=O) groups is 2. The molecule has 1 atom stereocenters. The van der Waals surface area contributed by atoms with E-state index in [9.17, 15) is 18.0 Å². The van der Waals surface area contributed by atoms with E-state index < -0.39 is 15.4 Å². The fraction of sp³-hybridized carbons (Fsp3) is 0.625. The molecule has 2 aromatic rings. The van der Waals surface area contributed by atoms with Crippen LogP contribution in [-0.2, 0) is 32.5 Å². The van der Waals surface area contributed by atoms with Gasteiger partial charge < -0.3 is 15.0 Å². The van der Waals surface area contributed by atoms with Crippen molar-refractivity contribution in [2.75, 3.05) is 45.6 Å². The summed E-state index contributed by atoms with van der Waals surface area (Å²) < 4.78 is 31.4. The Morgan fingerprint density at radius 2 is 1.86 bits per heavy atom. The molecule has 1 N–H and O–H groups in total. The van der Waals surface area contributed by atoms with Gasteiger partial charge in [0.25, 0.3) is 0 Å². The summed E-state index contributed by atoms with van der Waals surface area (Å²) >= 11 is 0. The Morgan fingerprint density at radius 1 is 1.05 bits per heavy atom. The van der Waals surface area contributed by atoms with Gasteiger partial charge in [-0.25, -0.2) is 12.7 Å². The van der Waals surface area contributed by atoms with Crippen molar-refractivity contribution in [2.45, 2.75) is 76.5 Å². The number of fused-ring (bicyclic) bond motifs is 1. The summed E-state index contributed by atoms with van der Waals surface area (Å²) in [6.45, 7) is 3.31. The number of ether oxygens (including phenoxy) is 1. The molecule has 10 nitrogen and oxygen atoms in total. The van der Waals surface area contributed by atoms with E-state index in [1.54, 1.807) is 12.4 Å². The maximum Gasteiger partial charge on any atom is 0.226 e. The fourth-order valence-electron chi connectivity index (χ4n) is 6.63. The zero-order valence-corrected chi connectivity index (χ0v) is 26.1. The number of aryl methyl sites for hydroxylation is 2. The van der Waals surface area contributed by atoms with Gasteiger partial charge in [0.1, 0.15) is 5.75 Å². The Morgan fingerprint density at radius 3 is 2.63 bits per heavy atom. The van der Waals surface area contributed by atoms with Crippen LogP contribution >= 0.6 is 0 Å². The van der Waals surface area contributed by atoms with Crippen molar-refractivity contribution >= 4 is 21.8 Å². The molecule has 234 valence electrons. The minimum absolute atomic E-state index is 0.0360. The summed E-state index contributed by atoms with van der Waals surface area (Å²) in [6, 6.07) is 8.20. The lowest BCUT2D eigenvalue weighted by molar-refractivity contribution is -0.141. The first kappa shape index (κ1) is 31.4. The van der Waals surface area contributed by atoms with Crippen LogP contribution in [0.1, 0.15) is 80.7 Å². The maximum atomic E-state index is 13.4. The molecule has 1 aromatic carbocycles. The first-order chi connectivity index (χ1) is 20.7. The molecule has 0 bridgehead atoms. The summed E-state index contributed by atoms with van der Waals surface area (Å²) in [4.78, 5) is 37.6. The average Bonchev–Trinajstić information content (AvgIpc) is 3.03. The molecule has 5 rings (SSSR count). The minimum Gasteiger partial charge on any atom is -0.493 e. The van der Waals surface area contributed by atoms with Gasteiger partial charge in [-0.2, -0.15) is 0 Å². The molecular weight excluding hydrogens is 566 g/mol. The molecule has 1 aromatic heterocycles. The number of nitrogens with one attached hydrogen (secondary N) is 1. The van der Waals surface area contributed by atoms with Crippen LogP contribution < -0.4 is 10.1 Å². The van der Waals surface area contributed by atoms with Crippen LogP contribution in [0, 0.1) is 5.41 Å². The highest BCUT2D eigenvalue weighted by atomic mass is 32.2. The van der Waals surface area contributed by atoms with Crippen LogP contribution in [-0.4, -0.2) is 85.0 Å². The Hall–Kier alpha value is -3.05. The molecule has 43 heavy (non-hydrogen) atoms. The van der Waals surface area contributed by atoms with Gasteiger partial charge in [-0.05, 0) is 69.4 Å². The number of rotatable bonds is 5. The Kier molecular flexibility index (Phi) is 10.3. The summed E-state index contributed by atoms with van der Waals surface area (Å²) in [5, 5.41) is 3.16. The molecule has 0 saturated carbocycles. The van der Waals surface area contributed by atoms with E-state index in [1.165, 1.54) is 16.1 Å². The second-order valence-electron chi connectivity index (χ2n) is 12.3. The highest BCUT2D eigenvalue weighted by Crippen LogP contribution is 2.38.